The van der Waals surface area contributed by atoms with E-state index >= 15 is 0 Å². The number of para-hydroxylation sites is 1. The Labute approximate surface area is 187 Å². The van der Waals surface area contributed by atoms with Crippen LogP contribution in [0.2, 0.25) is 0 Å². The zero-order valence-corrected chi connectivity index (χ0v) is 18.1. The number of thiazole rings is 1. The van der Waals surface area contributed by atoms with Gasteiger partial charge >= 0.3 is 0 Å². The van der Waals surface area contributed by atoms with Gasteiger partial charge in [0.15, 0.2) is 5.13 Å². The van der Waals surface area contributed by atoms with E-state index in [-0.39, 0.29) is 17.7 Å². The quantitative estimate of drug-likeness (QED) is 0.420. The Balaban J connectivity index is 1.58. The summed E-state index contributed by atoms with van der Waals surface area (Å²) in [5, 5.41) is 8.78. The highest BCUT2D eigenvalue weighted by Crippen LogP contribution is 2.30. The van der Waals surface area contributed by atoms with Gasteiger partial charge in [-0.2, -0.15) is 0 Å². The van der Waals surface area contributed by atoms with Gasteiger partial charge in [0.05, 0.1) is 21.5 Å². The molecular weight excluding hydrogens is 426 g/mol. The number of benzene rings is 2. The summed E-state index contributed by atoms with van der Waals surface area (Å²) in [6.45, 7) is 3.26. The summed E-state index contributed by atoms with van der Waals surface area (Å²) in [7, 11) is 0. The zero-order chi connectivity index (χ0) is 22.7. The fourth-order valence-electron chi connectivity index (χ4n) is 3.14. The van der Waals surface area contributed by atoms with E-state index in [2.05, 4.69) is 25.9 Å². The summed E-state index contributed by atoms with van der Waals surface area (Å²) in [4.78, 5) is 45.3. The molecule has 8 nitrogen and oxygen atoms in total. The van der Waals surface area contributed by atoms with Crippen molar-refractivity contribution in [1.29, 1.82) is 0 Å². The minimum Gasteiger partial charge on any atom is -0.326 e. The van der Waals surface area contributed by atoms with Crippen molar-refractivity contribution in [2.24, 2.45) is 0 Å². The Kier molecular flexibility index (Phi) is 5.91. The predicted octanol–water partition coefficient (Wildman–Crippen LogP) is 4.46. The molecule has 0 bridgehead atoms. The van der Waals surface area contributed by atoms with Crippen molar-refractivity contribution >= 4 is 55.8 Å². The maximum atomic E-state index is 13.0. The first-order valence-corrected chi connectivity index (χ1v) is 10.5. The normalized spacial score (nSPS) is 10.6. The first kappa shape index (κ1) is 21.1. The summed E-state index contributed by atoms with van der Waals surface area (Å²) in [5.41, 5.74) is 3.31. The third kappa shape index (κ3) is 4.62. The van der Waals surface area contributed by atoms with Crippen molar-refractivity contribution in [3.8, 4) is 0 Å². The third-order valence-electron chi connectivity index (χ3n) is 4.63. The van der Waals surface area contributed by atoms with Crippen molar-refractivity contribution in [1.82, 2.24) is 9.97 Å². The van der Waals surface area contributed by atoms with E-state index in [1.54, 1.807) is 42.5 Å². The van der Waals surface area contributed by atoms with Crippen LogP contribution >= 0.6 is 11.3 Å². The number of carbonyl (C=O) groups is 3. The molecule has 160 valence electrons. The minimum atomic E-state index is -0.389. The van der Waals surface area contributed by atoms with E-state index in [1.807, 2.05) is 13.0 Å². The lowest BCUT2D eigenvalue weighted by molar-refractivity contribution is -0.114. The molecule has 32 heavy (non-hydrogen) atoms. The average molecular weight is 446 g/mol. The number of pyridine rings is 1. The molecule has 0 radical (unpaired) electrons. The minimum absolute atomic E-state index is 0.164. The molecule has 0 aliphatic rings. The van der Waals surface area contributed by atoms with Crippen molar-refractivity contribution < 1.29 is 14.4 Å². The van der Waals surface area contributed by atoms with Crippen LogP contribution < -0.4 is 16.0 Å². The lowest BCUT2D eigenvalue weighted by Gasteiger charge is -2.13. The molecule has 4 rings (SSSR count). The van der Waals surface area contributed by atoms with E-state index in [0.29, 0.717) is 33.1 Å². The van der Waals surface area contributed by atoms with Gasteiger partial charge in [0.1, 0.15) is 0 Å². The second kappa shape index (κ2) is 8.94. The van der Waals surface area contributed by atoms with Crippen molar-refractivity contribution in [3.63, 3.8) is 0 Å². The number of aryl methyl sites for hydroxylation is 1. The largest absolute Gasteiger partial charge is 0.326 e. The van der Waals surface area contributed by atoms with Crippen LogP contribution in [0.4, 0.5) is 16.5 Å². The molecule has 0 saturated heterocycles. The molecule has 0 atom stereocenters. The second-order valence-electron chi connectivity index (χ2n) is 7.02. The molecule has 0 spiro atoms. The maximum absolute atomic E-state index is 13.0. The topological polar surface area (TPSA) is 113 Å². The molecule has 0 fully saturated rings. The second-order valence-corrected chi connectivity index (χ2v) is 8.05. The maximum Gasteiger partial charge on any atom is 0.259 e. The summed E-state index contributed by atoms with van der Waals surface area (Å²) >= 11 is 1.29. The van der Waals surface area contributed by atoms with Gasteiger partial charge in [-0.25, -0.2) is 4.98 Å². The Morgan fingerprint density at radius 3 is 2.44 bits per heavy atom. The first-order valence-electron chi connectivity index (χ1n) is 9.71. The number of fused-ring (bicyclic) bond motifs is 1. The molecule has 3 amide bonds. The average Bonchev–Trinajstić information content (AvgIpc) is 3.16. The summed E-state index contributed by atoms with van der Waals surface area (Å²) in [6, 6.07) is 13.8. The van der Waals surface area contributed by atoms with Gasteiger partial charge < -0.3 is 10.6 Å². The molecule has 3 N–H and O–H groups in total. The Morgan fingerprint density at radius 2 is 1.69 bits per heavy atom. The Morgan fingerprint density at radius 1 is 0.906 bits per heavy atom. The highest BCUT2D eigenvalue weighted by atomic mass is 32.1. The first-order chi connectivity index (χ1) is 15.4. The van der Waals surface area contributed by atoms with Crippen molar-refractivity contribution in [3.05, 3.63) is 77.6 Å². The van der Waals surface area contributed by atoms with Gasteiger partial charge in [-0.05, 0) is 48.9 Å². The number of nitrogens with zero attached hydrogens (tertiary/aromatic N) is 2. The molecule has 4 aromatic rings. The van der Waals surface area contributed by atoms with Gasteiger partial charge in [-0.3, -0.25) is 24.7 Å². The highest BCUT2D eigenvalue weighted by molar-refractivity contribution is 7.22. The molecule has 0 aliphatic heterocycles. The van der Waals surface area contributed by atoms with Crippen LogP contribution in [0.3, 0.4) is 0 Å². The summed E-state index contributed by atoms with van der Waals surface area (Å²) in [5.74, 6) is -0.885. The number of anilines is 3. The fourth-order valence-corrected chi connectivity index (χ4v) is 4.04. The lowest BCUT2D eigenvalue weighted by Crippen LogP contribution is -2.19. The molecule has 2 aromatic carbocycles. The Bertz CT molecular complexity index is 1330. The number of aromatic nitrogens is 2. The summed E-state index contributed by atoms with van der Waals surface area (Å²) in [6.07, 6.45) is 3.07. The van der Waals surface area contributed by atoms with Crippen molar-refractivity contribution in [2.75, 3.05) is 16.0 Å². The molecular formula is C23H19N5O3S. The predicted molar refractivity (Wildman–Crippen MR) is 125 cm³/mol. The number of hydrogen-bond acceptors (Lipinski definition) is 6. The number of carbonyl (C=O) groups excluding carboxylic acids is 3. The zero-order valence-electron chi connectivity index (χ0n) is 17.3. The molecule has 9 heteroatoms. The fraction of sp³-hybridized carbons (Fsp3) is 0.0870. The highest BCUT2D eigenvalue weighted by Gasteiger charge is 2.18. The standard InChI is InChI=1S/C23H19N5O3S/c1-13-4-3-5-17(20(13)27-21(30)15-8-10-24-11-9-15)22(31)28-23-26-18-7-6-16(25-14(2)29)12-19(18)32-23/h3-12H,1-2H3,(H,25,29)(H,27,30)(H,26,28,31). The van der Waals surface area contributed by atoms with E-state index < -0.39 is 0 Å². The molecule has 0 unspecified atom stereocenters. The van der Waals surface area contributed by atoms with Crippen LogP contribution in [-0.2, 0) is 4.79 Å². The summed E-state index contributed by atoms with van der Waals surface area (Å²) < 4.78 is 0.821. The third-order valence-corrected chi connectivity index (χ3v) is 5.56. The van der Waals surface area contributed by atoms with E-state index in [0.717, 1.165) is 10.3 Å². The van der Waals surface area contributed by atoms with Crippen LogP contribution in [0.1, 0.15) is 33.2 Å². The number of nitrogens with one attached hydrogen (secondary N) is 3. The van der Waals surface area contributed by atoms with Gasteiger partial charge in [0, 0.05) is 30.6 Å². The lowest BCUT2D eigenvalue weighted by atomic mass is 10.1. The van der Waals surface area contributed by atoms with Crippen LogP contribution in [0, 0.1) is 6.92 Å². The van der Waals surface area contributed by atoms with Gasteiger partial charge in [0.25, 0.3) is 11.8 Å². The van der Waals surface area contributed by atoms with Gasteiger partial charge in [0.2, 0.25) is 5.91 Å². The molecule has 0 aliphatic carbocycles. The van der Waals surface area contributed by atoms with Crippen LogP contribution in [0.25, 0.3) is 10.2 Å². The molecule has 2 heterocycles. The Hall–Kier alpha value is -4.11. The van der Waals surface area contributed by atoms with Crippen LogP contribution in [0.5, 0.6) is 0 Å². The van der Waals surface area contributed by atoms with Gasteiger partial charge in [-0.1, -0.05) is 23.5 Å². The number of hydrogen-bond donors (Lipinski definition) is 3. The molecule has 0 saturated carbocycles. The number of amides is 3. The van der Waals surface area contributed by atoms with E-state index in [1.165, 1.54) is 30.7 Å². The van der Waals surface area contributed by atoms with Crippen LogP contribution in [0.15, 0.2) is 60.9 Å². The van der Waals surface area contributed by atoms with Crippen LogP contribution in [-0.4, -0.2) is 27.7 Å². The van der Waals surface area contributed by atoms with Crippen molar-refractivity contribution in [2.45, 2.75) is 13.8 Å². The van der Waals surface area contributed by atoms with E-state index in [9.17, 15) is 14.4 Å². The smallest absolute Gasteiger partial charge is 0.259 e. The SMILES string of the molecule is CC(=O)Nc1ccc2nc(NC(=O)c3cccc(C)c3NC(=O)c3ccncc3)sc2c1. The monoisotopic (exact) mass is 445 g/mol. The molecule has 2 aromatic heterocycles. The number of rotatable bonds is 5. The van der Waals surface area contributed by atoms with Gasteiger partial charge in [-0.15, -0.1) is 0 Å². The van der Waals surface area contributed by atoms with E-state index in [4.69, 9.17) is 0 Å².